The SMILES string of the molecule is COCCOCCN(Cc1ccccc1)CC1(C)CCNC1. The summed E-state index contributed by atoms with van der Waals surface area (Å²) < 4.78 is 10.7. The normalized spacial score (nSPS) is 21.6. The molecule has 0 aromatic heterocycles. The lowest BCUT2D eigenvalue weighted by Crippen LogP contribution is -2.38. The Hall–Kier alpha value is -0.940. The fourth-order valence-electron chi connectivity index (χ4n) is 3.04. The van der Waals surface area contributed by atoms with Crippen molar-refractivity contribution in [1.82, 2.24) is 10.2 Å². The van der Waals surface area contributed by atoms with Crippen LogP contribution < -0.4 is 5.32 Å². The molecular weight excluding hydrogens is 276 g/mol. The molecule has 4 heteroatoms. The van der Waals surface area contributed by atoms with Gasteiger partial charge in [-0.25, -0.2) is 0 Å². The number of nitrogens with one attached hydrogen (secondary N) is 1. The van der Waals surface area contributed by atoms with Gasteiger partial charge in [-0.1, -0.05) is 37.3 Å². The summed E-state index contributed by atoms with van der Waals surface area (Å²) in [4.78, 5) is 2.52. The molecule has 0 saturated carbocycles. The summed E-state index contributed by atoms with van der Waals surface area (Å²) in [5.41, 5.74) is 1.75. The molecule has 1 aromatic carbocycles. The van der Waals surface area contributed by atoms with Crippen LogP contribution in [0.25, 0.3) is 0 Å². The summed E-state index contributed by atoms with van der Waals surface area (Å²) in [5, 5.41) is 3.49. The van der Waals surface area contributed by atoms with Gasteiger partial charge in [0.05, 0.1) is 19.8 Å². The zero-order valence-electron chi connectivity index (χ0n) is 14.0. The van der Waals surface area contributed by atoms with E-state index < -0.39 is 0 Å². The van der Waals surface area contributed by atoms with Crippen LogP contribution in [0.3, 0.4) is 0 Å². The van der Waals surface area contributed by atoms with E-state index in [1.807, 2.05) is 0 Å². The van der Waals surface area contributed by atoms with E-state index in [1.165, 1.54) is 12.0 Å². The second-order valence-corrected chi connectivity index (χ2v) is 6.54. The van der Waals surface area contributed by atoms with E-state index >= 15 is 0 Å². The molecule has 1 aromatic rings. The van der Waals surface area contributed by atoms with Gasteiger partial charge >= 0.3 is 0 Å². The summed E-state index contributed by atoms with van der Waals surface area (Å²) in [7, 11) is 1.71. The average Bonchev–Trinajstić information content (AvgIpc) is 2.94. The molecule has 1 aliphatic heterocycles. The van der Waals surface area contributed by atoms with Gasteiger partial charge in [0.25, 0.3) is 0 Å². The molecule has 1 atom stereocenters. The third-order valence-electron chi connectivity index (χ3n) is 4.30. The number of methoxy groups -OCH3 is 1. The van der Waals surface area contributed by atoms with Gasteiger partial charge in [-0.05, 0) is 23.9 Å². The van der Waals surface area contributed by atoms with Crippen LogP contribution in [0, 0.1) is 5.41 Å². The molecule has 1 heterocycles. The third-order valence-corrected chi connectivity index (χ3v) is 4.30. The zero-order chi connectivity index (χ0) is 15.7. The Labute approximate surface area is 134 Å². The van der Waals surface area contributed by atoms with Gasteiger partial charge in [-0.2, -0.15) is 0 Å². The first kappa shape index (κ1) is 17.4. The number of nitrogens with zero attached hydrogens (tertiary/aromatic N) is 1. The summed E-state index contributed by atoms with van der Waals surface area (Å²) in [6.45, 7) is 9.81. The molecule has 0 bridgehead atoms. The largest absolute Gasteiger partial charge is 0.382 e. The fraction of sp³-hybridized carbons (Fsp3) is 0.667. The van der Waals surface area contributed by atoms with Crippen LogP contribution in [0.1, 0.15) is 18.9 Å². The Bertz CT molecular complexity index is 405. The van der Waals surface area contributed by atoms with Crippen LogP contribution >= 0.6 is 0 Å². The van der Waals surface area contributed by atoms with Gasteiger partial charge < -0.3 is 14.8 Å². The van der Waals surface area contributed by atoms with E-state index in [9.17, 15) is 0 Å². The summed E-state index contributed by atoms with van der Waals surface area (Å²) in [6.07, 6.45) is 1.25. The minimum absolute atomic E-state index is 0.376. The van der Waals surface area contributed by atoms with E-state index in [1.54, 1.807) is 7.11 Å². The molecule has 0 radical (unpaired) electrons. The van der Waals surface area contributed by atoms with Crippen molar-refractivity contribution in [3.8, 4) is 0 Å². The van der Waals surface area contributed by atoms with E-state index in [4.69, 9.17) is 9.47 Å². The summed E-state index contributed by atoms with van der Waals surface area (Å²) in [6, 6.07) is 10.7. The third kappa shape index (κ3) is 6.05. The van der Waals surface area contributed by atoms with E-state index in [2.05, 4.69) is 47.5 Å². The molecular formula is C18H30N2O2. The Morgan fingerprint density at radius 1 is 1.18 bits per heavy atom. The highest BCUT2D eigenvalue weighted by Crippen LogP contribution is 2.26. The van der Waals surface area contributed by atoms with E-state index in [0.717, 1.165) is 39.3 Å². The standard InChI is InChI=1S/C18H30N2O2/c1-18(8-9-19-15-18)16-20(10-11-22-13-12-21-2)14-17-6-4-3-5-7-17/h3-7,19H,8-16H2,1-2H3. The molecule has 124 valence electrons. The quantitative estimate of drug-likeness (QED) is 0.672. The lowest BCUT2D eigenvalue weighted by Gasteiger charge is -2.32. The van der Waals surface area contributed by atoms with Crippen molar-refractivity contribution in [3.63, 3.8) is 0 Å². The van der Waals surface area contributed by atoms with Gasteiger partial charge in [-0.3, -0.25) is 4.90 Å². The number of rotatable bonds is 10. The molecule has 4 nitrogen and oxygen atoms in total. The minimum atomic E-state index is 0.376. The van der Waals surface area contributed by atoms with Gasteiger partial charge in [0.2, 0.25) is 0 Å². The van der Waals surface area contributed by atoms with Gasteiger partial charge in [0, 0.05) is 33.3 Å². The lowest BCUT2D eigenvalue weighted by atomic mass is 9.89. The smallest absolute Gasteiger partial charge is 0.0700 e. The Kier molecular flexibility index (Phi) is 7.33. The Morgan fingerprint density at radius 3 is 2.68 bits per heavy atom. The highest BCUT2D eigenvalue weighted by atomic mass is 16.5. The number of benzene rings is 1. The van der Waals surface area contributed by atoms with Crippen molar-refractivity contribution in [2.75, 3.05) is 53.1 Å². The van der Waals surface area contributed by atoms with E-state index in [0.29, 0.717) is 18.6 Å². The highest BCUT2D eigenvalue weighted by Gasteiger charge is 2.30. The second kappa shape index (κ2) is 9.26. The van der Waals surface area contributed by atoms with Crippen LogP contribution in [0.2, 0.25) is 0 Å². The van der Waals surface area contributed by atoms with Gasteiger partial charge in [-0.15, -0.1) is 0 Å². The zero-order valence-corrected chi connectivity index (χ0v) is 14.0. The predicted octanol–water partition coefficient (Wildman–Crippen LogP) is 2.15. The molecule has 0 amide bonds. The van der Waals surface area contributed by atoms with Crippen LogP contribution in [0.4, 0.5) is 0 Å². The average molecular weight is 306 g/mol. The number of hydrogen-bond donors (Lipinski definition) is 1. The Morgan fingerprint density at radius 2 is 2.00 bits per heavy atom. The van der Waals surface area contributed by atoms with Crippen molar-refractivity contribution < 1.29 is 9.47 Å². The van der Waals surface area contributed by atoms with Crippen molar-refractivity contribution in [2.24, 2.45) is 5.41 Å². The minimum Gasteiger partial charge on any atom is -0.382 e. The van der Waals surface area contributed by atoms with Crippen LogP contribution in [-0.4, -0.2) is 58.0 Å². The molecule has 0 spiro atoms. The molecule has 2 rings (SSSR count). The van der Waals surface area contributed by atoms with Gasteiger partial charge in [0.1, 0.15) is 0 Å². The van der Waals surface area contributed by atoms with Crippen LogP contribution in [-0.2, 0) is 16.0 Å². The van der Waals surface area contributed by atoms with Crippen molar-refractivity contribution in [2.45, 2.75) is 19.9 Å². The molecule has 1 N–H and O–H groups in total. The molecule has 1 unspecified atom stereocenters. The van der Waals surface area contributed by atoms with E-state index in [-0.39, 0.29) is 0 Å². The number of hydrogen-bond acceptors (Lipinski definition) is 4. The summed E-state index contributed by atoms with van der Waals surface area (Å²) >= 11 is 0. The summed E-state index contributed by atoms with van der Waals surface area (Å²) in [5.74, 6) is 0. The molecule has 1 fully saturated rings. The monoisotopic (exact) mass is 306 g/mol. The van der Waals surface area contributed by atoms with Crippen LogP contribution in [0.15, 0.2) is 30.3 Å². The molecule has 0 aliphatic carbocycles. The van der Waals surface area contributed by atoms with Crippen molar-refractivity contribution in [3.05, 3.63) is 35.9 Å². The second-order valence-electron chi connectivity index (χ2n) is 6.54. The first-order valence-electron chi connectivity index (χ1n) is 8.25. The number of ether oxygens (including phenoxy) is 2. The molecule has 1 aliphatic rings. The maximum absolute atomic E-state index is 5.66. The first-order chi connectivity index (χ1) is 10.7. The molecule has 1 saturated heterocycles. The van der Waals surface area contributed by atoms with Crippen LogP contribution in [0.5, 0.6) is 0 Å². The molecule has 22 heavy (non-hydrogen) atoms. The lowest BCUT2D eigenvalue weighted by molar-refractivity contribution is 0.0489. The maximum atomic E-state index is 5.66. The highest BCUT2D eigenvalue weighted by molar-refractivity contribution is 5.14. The van der Waals surface area contributed by atoms with Crippen molar-refractivity contribution in [1.29, 1.82) is 0 Å². The predicted molar refractivity (Wildman–Crippen MR) is 90.0 cm³/mol. The topological polar surface area (TPSA) is 33.7 Å². The fourth-order valence-corrected chi connectivity index (χ4v) is 3.04. The van der Waals surface area contributed by atoms with Crippen molar-refractivity contribution >= 4 is 0 Å². The maximum Gasteiger partial charge on any atom is 0.0700 e. The van der Waals surface area contributed by atoms with Gasteiger partial charge in [0.15, 0.2) is 0 Å². The first-order valence-corrected chi connectivity index (χ1v) is 8.25. The Balaban J connectivity index is 1.85.